The maximum absolute atomic E-state index is 12.6. The highest BCUT2D eigenvalue weighted by molar-refractivity contribution is 5.94. The van der Waals surface area contributed by atoms with Crippen molar-refractivity contribution in [2.45, 2.75) is 62.6 Å². The van der Waals surface area contributed by atoms with Gasteiger partial charge in [-0.05, 0) is 50.0 Å². The van der Waals surface area contributed by atoms with Crippen LogP contribution in [0.1, 0.15) is 50.0 Å². The number of carbonyl (C=O) groups is 2. The number of benzene rings is 1. The average Bonchev–Trinajstić information content (AvgIpc) is 2.85. The molecule has 0 bridgehead atoms. The van der Waals surface area contributed by atoms with Crippen LogP contribution < -0.4 is 0 Å². The maximum atomic E-state index is 12.6. The van der Waals surface area contributed by atoms with E-state index in [0.717, 1.165) is 38.5 Å². The monoisotopic (exact) mass is 357 g/mol. The Labute approximate surface area is 154 Å². The molecule has 3 fully saturated rings. The minimum Gasteiger partial charge on any atom is -0.453 e. The molecule has 3 atom stereocenters. The molecule has 4 rings (SSSR count). The summed E-state index contributed by atoms with van der Waals surface area (Å²) in [5, 5.41) is 0. The number of rotatable bonds is 4. The fourth-order valence-corrected chi connectivity index (χ4v) is 4.81. The molecule has 1 saturated heterocycles. The lowest BCUT2D eigenvalue weighted by Crippen LogP contribution is -2.47. The third-order valence-corrected chi connectivity index (χ3v) is 6.45. The molecule has 1 aromatic rings. The fourth-order valence-electron chi connectivity index (χ4n) is 4.81. The number of ether oxygens (including phenoxy) is 2. The van der Waals surface area contributed by atoms with Crippen molar-refractivity contribution in [2.75, 3.05) is 13.7 Å². The van der Waals surface area contributed by atoms with Crippen molar-refractivity contribution in [3.05, 3.63) is 35.9 Å². The number of fused-ring (bicyclic) bond motifs is 1. The standard InChI is InChI=1S/C21H27NO4/c1-25-21(24)22-18-12-11-17(18)20(23)19(22)13-26-16-9-7-15(8-10-16)14-5-3-2-4-6-14/h2-6,15-19H,7-13H2,1H3/t15-,16+,17-,18+,19?/m0/s1. The van der Waals surface area contributed by atoms with E-state index < -0.39 is 12.1 Å². The van der Waals surface area contributed by atoms with Crippen LogP contribution in [0.4, 0.5) is 4.79 Å². The number of methoxy groups -OCH3 is 1. The van der Waals surface area contributed by atoms with Gasteiger partial charge in [0.1, 0.15) is 6.04 Å². The average molecular weight is 357 g/mol. The molecule has 140 valence electrons. The van der Waals surface area contributed by atoms with E-state index in [1.807, 2.05) is 0 Å². The van der Waals surface area contributed by atoms with Crippen LogP contribution >= 0.6 is 0 Å². The number of hydrogen-bond acceptors (Lipinski definition) is 4. The molecule has 2 saturated carbocycles. The van der Waals surface area contributed by atoms with Crippen LogP contribution in [0.15, 0.2) is 30.3 Å². The smallest absolute Gasteiger partial charge is 0.410 e. The first-order valence-corrected chi connectivity index (χ1v) is 9.75. The molecule has 1 heterocycles. The van der Waals surface area contributed by atoms with E-state index in [2.05, 4.69) is 30.3 Å². The highest BCUT2D eigenvalue weighted by Crippen LogP contribution is 2.42. The van der Waals surface area contributed by atoms with E-state index in [1.54, 1.807) is 4.90 Å². The second-order valence-corrected chi connectivity index (χ2v) is 7.76. The molecule has 5 nitrogen and oxygen atoms in total. The van der Waals surface area contributed by atoms with E-state index in [4.69, 9.17) is 9.47 Å². The topological polar surface area (TPSA) is 55.8 Å². The molecule has 1 unspecified atom stereocenters. The zero-order valence-corrected chi connectivity index (χ0v) is 15.3. The summed E-state index contributed by atoms with van der Waals surface area (Å²) < 4.78 is 11.0. The fraction of sp³-hybridized carbons (Fsp3) is 0.619. The SMILES string of the molecule is COC(=O)N1C(CO[C@H]2CC[C@@H](c3ccccc3)CC2)C(=O)[C@H]2CC[C@H]21. The Morgan fingerprint density at radius 3 is 2.42 bits per heavy atom. The molecule has 2 aliphatic carbocycles. The molecule has 26 heavy (non-hydrogen) atoms. The Morgan fingerprint density at radius 1 is 1.08 bits per heavy atom. The van der Waals surface area contributed by atoms with Gasteiger partial charge in [-0.1, -0.05) is 30.3 Å². The minimum absolute atomic E-state index is 0.00323. The number of nitrogens with zero attached hydrogens (tertiary/aromatic N) is 1. The predicted molar refractivity (Wildman–Crippen MR) is 96.9 cm³/mol. The molecular weight excluding hydrogens is 330 g/mol. The summed E-state index contributed by atoms with van der Waals surface area (Å²) in [7, 11) is 1.38. The van der Waals surface area contributed by atoms with Gasteiger partial charge in [-0.15, -0.1) is 0 Å². The van der Waals surface area contributed by atoms with Crippen molar-refractivity contribution in [1.29, 1.82) is 0 Å². The van der Waals surface area contributed by atoms with E-state index in [9.17, 15) is 9.59 Å². The molecule has 0 spiro atoms. The summed E-state index contributed by atoms with van der Waals surface area (Å²) in [5.41, 5.74) is 1.41. The third kappa shape index (κ3) is 3.13. The van der Waals surface area contributed by atoms with Gasteiger partial charge in [-0.2, -0.15) is 0 Å². The van der Waals surface area contributed by atoms with E-state index >= 15 is 0 Å². The van der Waals surface area contributed by atoms with Crippen molar-refractivity contribution in [3.63, 3.8) is 0 Å². The van der Waals surface area contributed by atoms with Gasteiger partial charge < -0.3 is 9.47 Å². The number of hydrogen-bond donors (Lipinski definition) is 0. The molecule has 5 heteroatoms. The molecule has 0 aromatic heterocycles. The van der Waals surface area contributed by atoms with Crippen LogP contribution in [0, 0.1) is 5.92 Å². The van der Waals surface area contributed by atoms with Crippen molar-refractivity contribution >= 4 is 11.9 Å². The Balaban J connectivity index is 1.31. The van der Waals surface area contributed by atoms with Crippen LogP contribution in [0.2, 0.25) is 0 Å². The Hall–Kier alpha value is -1.88. The first-order valence-electron chi connectivity index (χ1n) is 9.75. The van der Waals surface area contributed by atoms with Gasteiger partial charge in [0.05, 0.1) is 19.8 Å². The normalized spacial score (nSPS) is 33.5. The number of carbonyl (C=O) groups excluding carboxylic acids is 2. The lowest BCUT2D eigenvalue weighted by molar-refractivity contribution is -0.125. The molecule has 1 aliphatic heterocycles. The largest absolute Gasteiger partial charge is 0.453 e. The number of amides is 1. The Kier molecular flexibility index (Phi) is 4.98. The first-order chi connectivity index (χ1) is 12.7. The lowest BCUT2D eigenvalue weighted by atomic mass is 9.79. The molecule has 3 aliphatic rings. The van der Waals surface area contributed by atoms with Crippen LogP contribution in [0.3, 0.4) is 0 Å². The maximum Gasteiger partial charge on any atom is 0.410 e. The van der Waals surface area contributed by atoms with Gasteiger partial charge in [0.25, 0.3) is 0 Å². The number of Topliss-reactive ketones (excluding diaryl/α,β-unsaturated/α-hetero) is 1. The van der Waals surface area contributed by atoms with Crippen LogP contribution in [-0.4, -0.2) is 48.7 Å². The lowest BCUT2D eigenvalue weighted by Gasteiger charge is -2.35. The van der Waals surface area contributed by atoms with Crippen LogP contribution in [0.5, 0.6) is 0 Å². The predicted octanol–water partition coefficient (Wildman–Crippen LogP) is 3.53. The van der Waals surface area contributed by atoms with E-state index in [0.29, 0.717) is 12.5 Å². The highest BCUT2D eigenvalue weighted by atomic mass is 16.5. The molecule has 0 radical (unpaired) electrons. The molecular formula is C21H27NO4. The zero-order valence-electron chi connectivity index (χ0n) is 15.3. The van der Waals surface area contributed by atoms with Gasteiger partial charge in [-0.3, -0.25) is 9.69 Å². The molecule has 0 N–H and O–H groups in total. The Bertz CT molecular complexity index is 653. The van der Waals surface area contributed by atoms with Crippen molar-refractivity contribution in [2.24, 2.45) is 5.92 Å². The molecule has 1 aromatic carbocycles. The van der Waals surface area contributed by atoms with Crippen LogP contribution in [0.25, 0.3) is 0 Å². The van der Waals surface area contributed by atoms with E-state index in [-0.39, 0.29) is 23.8 Å². The molecule has 1 amide bonds. The summed E-state index contributed by atoms with van der Waals surface area (Å²) in [6.07, 6.45) is 5.79. The van der Waals surface area contributed by atoms with Crippen LogP contribution in [-0.2, 0) is 14.3 Å². The van der Waals surface area contributed by atoms with Crippen molar-refractivity contribution < 1.29 is 19.1 Å². The van der Waals surface area contributed by atoms with E-state index in [1.165, 1.54) is 12.7 Å². The second kappa shape index (κ2) is 7.39. The number of likely N-dealkylation sites (tertiary alicyclic amines) is 1. The van der Waals surface area contributed by atoms with Gasteiger partial charge in [0.15, 0.2) is 5.78 Å². The quantitative estimate of drug-likeness (QED) is 0.827. The Morgan fingerprint density at radius 2 is 1.81 bits per heavy atom. The number of ketones is 1. The summed E-state index contributed by atoms with van der Waals surface area (Å²) in [6.45, 7) is 0.307. The van der Waals surface area contributed by atoms with Gasteiger partial charge in [0.2, 0.25) is 0 Å². The second-order valence-electron chi connectivity index (χ2n) is 7.76. The summed E-state index contributed by atoms with van der Waals surface area (Å²) in [5.74, 6) is 0.757. The van der Waals surface area contributed by atoms with Crippen molar-refractivity contribution in [1.82, 2.24) is 4.90 Å². The third-order valence-electron chi connectivity index (χ3n) is 6.45. The minimum atomic E-state index is -0.466. The van der Waals surface area contributed by atoms with Crippen molar-refractivity contribution in [3.8, 4) is 0 Å². The zero-order chi connectivity index (χ0) is 18.1. The highest BCUT2D eigenvalue weighted by Gasteiger charge is 2.55. The summed E-state index contributed by atoms with van der Waals surface area (Å²) in [4.78, 5) is 26.3. The van der Waals surface area contributed by atoms with Gasteiger partial charge in [0, 0.05) is 12.0 Å². The van der Waals surface area contributed by atoms with Gasteiger partial charge in [-0.25, -0.2) is 4.79 Å². The summed E-state index contributed by atoms with van der Waals surface area (Å²) >= 11 is 0. The summed E-state index contributed by atoms with van der Waals surface area (Å²) in [6, 6.07) is 10.2. The van der Waals surface area contributed by atoms with Gasteiger partial charge >= 0.3 is 6.09 Å². The first kappa shape index (κ1) is 17.5.